The molecule has 1 aliphatic rings. The van der Waals surface area contributed by atoms with Crippen molar-refractivity contribution in [2.75, 3.05) is 13.2 Å². The number of nitrogens with one attached hydrogen (secondary N) is 1. The van der Waals surface area contributed by atoms with Crippen LogP contribution in [0.3, 0.4) is 0 Å². The number of carbonyl (C=O) groups is 2. The first kappa shape index (κ1) is 21.8. The summed E-state index contributed by atoms with van der Waals surface area (Å²) in [6.07, 6.45) is 3.50. The maximum atomic E-state index is 13.2. The van der Waals surface area contributed by atoms with E-state index in [0.29, 0.717) is 33.4 Å². The third kappa shape index (κ3) is 4.90. The largest absolute Gasteiger partial charge is 0.465 e. The summed E-state index contributed by atoms with van der Waals surface area (Å²) in [7, 11) is 3.22. The van der Waals surface area contributed by atoms with Crippen LogP contribution in [-0.2, 0) is 34.5 Å². The van der Waals surface area contributed by atoms with Crippen LogP contribution in [0.1, 0.15) is 48.5 Å². The van der Waals surface area contributed by atoms with Crippen molar-refractivity contribution >= 4 is 29.1 Å². The van der Waals surface area contributed by atoms with Crippen molar-refractivity contribution in [1.82, 2.24) is 5.09 Å². The van der Waals surface area contributed by atoms with Gasteiger partial charge in [0.15, 0.2) is 0 Å². The number of benzene rings is 1. The third-order valence-electron chi connectivity index (χ3n) is 4.36. The van der Waals surface area contributed by atoms with Crippen LogP contribution >= 0.6 is 17.3 Å². The van der Waals surface area contributed by atoms with E-state index in [2.05, 4.69) is 20.1 Å². The molecule has 1 aromatic rings. The van der Waals surface area contributed by atoms with Gasteiger partial charge in [0.1, 0.15) is 11.2 Å². The van der Waals surface area contributed by atoms with Crippen LogP contribution in [0.15, 0.2) is 18.2 Å². The van der Waals surface area contributed by atoms with Crippen molar-refractivity contribution in [2.45, 2.75) is 39.0 Å². The molecule has 1 radical (unpaired) electrons. The molecule has 2 rings (SSSR count). The van der Waals surface area contributed by atoms with Crippen molar-refractivity contribution in [2.24, 2.45) is 5.41 Å². The monoisotopic (exact) mass is 403 g/mol. The quantitative estimate of drug-likeness (QED) is 0.190. The topological polar surface area (TPSA) is 55.4 Å². The smallest absolute Gasteiger partial charge is 0.318 e. The van der Waals surface area contributed by atoms with Crippen molar-refractivity contribution < 1.29 is 32.9 Å². The van der Waals surface area contributed by atoms with Crippen LogP contribution in [0, 0.1) is 11.5 Å². The predicted octanol–water partition coefficient (Wildman–Crippen LogP) is 3.31. The number of fused-ring (bicyclic) bond motifs is 1. The SMILES string of the molecule is CCOC(=O)C1(CCCNPP)CCCc2cc[c-]cc2C1=O.[V]. The fourth-order valence-corrected chi connectivity index (χ4v) is 3.95. The summed E-state index contributed by atoms with van der Waals surface area (Å²) < 4.78 is 5.29. The van der Waals surface area contributed by atoms with Gasteiger partial charge in [0.2, 0.25) is 0 Å². The van der Waals surface area contributed by atoms with Gasteiger partial charge < -0.3 is 9.53 Å². The number of hydrogen-bond acceptors (Lipinski definition) is 4. The summed E-state index contributed by atoms with van der Waals surface area (Å²) in [4.78, 5) is 25.9. The van der Waals surface area contributed by atoms with Gasteiger partial charge in [-0.3, -0.25) is 9.88 Å². The van der Waals surface area contributed by atoms with E-state index < -0.39 is 5.41 Å². The number of esters is 1. The molecule has 24 heavy (non-hydrogen) atoms. The number of carbonyl (C=O) groups excluding carboxylic acids is 2. The zero-order valence-electron chi connectivity index (χ0n) is 13.9. The number of hydrogen-bond donors (Lipinski definition) is 1. The molecule has 3 atom stereocenters. The average molecular weight is 403 g/mol. The van der Waals surface area contributed by atoms with E-state index in [1.807, 2.05) is 12.1 Å². The summed E-state index contributed by atoms with van der Waals surface area (Å²) in [6, 6.07) is 8.46. The van der Waals surface area contributed by atoms with Gasteiger partial charge in [-0.1, -0.05) is 14.5 Å². The Morgan fingerprint density at radius 2 is 2.33 bits per heavy atom. The Balaban J connectivity index is 0.00000288. The molecule has 0 amide bonds. The van der Waals surface area contributed by atoms with Crippen molar-refractivity contribution in [3.05, 3.63) is 35.4 Å². The molecule has 0 saturated carbocycles. The number of ketones is 1. The van der Waals surface area contributed by atoms with E-state index in [1.165, 1.54) is 0 Å². The van der Waals surface area contributed by atoms with Crippen molar-refractivity contribution in [1.29, 1.82) is 0 Å². The first-order chi connectivity index (χ1) is 11.2. The fraction of sp³-hybridized carbons (Fsp3) is 0.529. The van der Waals surface area contributed by atoms with E-state index >= 15 is 0 Å². The normalized spacial score (nSPS) is 20.3. The van der Waals surface area contributed by atoms with Gasteiger partial charge in [0, 0.05) is 18.6 Å². The molecule has 4 nitrogen and oxygen atoms in total. The Bertz CT molecular complexity index is 571. The Labute approximate surface area is 160 Å². The minimum Gasteiger partial charge on any atom is -0.465 e. The van der Waals surface area contributed by atoms with Gasteiger partial charge in [0.05, 0.1) is 6.61 Å². The Morgan fingerprint density at radius 1 is 1.54 bits per heavy atom. The Hall–Kier alpha value is -0.236. The molecule has 0 heterocycles. The summed E-state index contributed by atoms with van der Waals surface area (Å²) in [5, 5.41) is 3.25. The van der Waals surface area contributed by atoms with Crippen LogP contribution in [0.4, 0.5) is 0 Å². The summed E-state index contributed by atoms with van der Waals surface area (Å²) in [5.41, 5.74) is 0.616. The first-order valence-electron chi connectivity index (χ1n) is 8.05. The number of Topliss-reactive ketones (excluding diaryl/α,β-unsaturated/α-hetero) is 1. The van der Waals surface area contributed by atoms with Crippen molar-refractivity contribution in [3.63, 3.8) is 0 Å². The molecule has 1 aliphatic carbocycles. The van der Waals surface area contributed by atoms with Gasteiger partial charge in [-0.2, -0.15) is 24.3 Å². The second-order valence-corrected chi connectivity index (χ2v) is 7.25. The van der Waals surface area contributed by atoms with E-state index in [9.17, 15) is 9.59 Å². The second-order valence-electron chi connectivity index (χ2n) is 5.74. The molecule has 1 N–H and O–H groups in total. The van der Waals surface area contributed by atoms with Crippen LogP contribution < -0.4 is 5.09 Å². The van der Waals surface area contributed by atoms with E-state index in [1.54, 1.807) is 13.0 Å². The zero-order chi connectivity index (χ0) is 16.7. The zero-order valence-corrected chi connectivity index (χ0v) is 17.5. The Kier molecular flexibility index (Phi) is 9.71. The molecule has 1 aromatic carbocycles. The summed E-state index contributed by atoms with van der Waals surface area (Å²) >= 11 is 0. The average Bonchev–Trinajstić information content (AvgIpc) is 2.70. The minimum absolute atomic E-state index is 0. The van der Waals surface area contributed by atoms with Gasteiger partial charge in [0.25, 0.3) is 0 Å². The molecule has 0 saturated heterocycles. The third-order valence-corrected chi connectivity index (χ3v) is 5.42. The summed E-state index contributed by atoms with van der Waals surface area (Å²) in [5.74, 6) is -0.455. The second kappa shape index (κ2) is 10.7. The van der Waals surface area contributed by atoms with Gasteiger partial charge in [-0.05, 0) is 54.0 Å². The minimum atomic E-state index is -1.04. The van der Waals surface area contributed by atoms with E-state index in [0.717, 1.165) is 31.4 Å². The fourth-order valence-electron chi connectivity index (χ4n) is 3.20. The summed E-state index contributed by atoms with van der Waals surface area (Å²) in [6.45, 7) is 2.88. The predicted molar refractivity (Wildman–Crippen MR) is 96.9 cm³/mol. The molecule has 7 heteroatoms. The van der Waals surface area contributed by atoms with Crippen LogP contribution in [-0.4, -0.2) is 24.9 Å². The molecule has 131 valence electrons. The molecule has 0 bridgehead atoms. The molecule has 0 spiro atoms. The van der Waals surface area contributed by atoms with Gasteiger partial charge in [-0.15, -0.1) is 5.56 Å². The number of aryl methyl sites for hydroxylation is 1. The maximum absolute atomic E-state index is 13.2. The number of rotatable bonds is 7. The first-order valence-corrected chi connectivity index (χ1v) is 10.9. The molecular weight excluding hydrogens is 379 g/mol. The van der Waals surface area contributed by atoms with Crippen LogP contribution in [0.25, 0.3) is 0 Å². The standard InChI is InChI=1S/C17H24NO3P2.V/c1-2-21-16(20)17(11-6-12-18-23-22)10-5-8-13-7-3-4-9-14(13)15(17)19;/h3,7,9,18,23H,2,5-6,8,10-12,22H2,1H3;/q-1;. The van der Waals surface area contributed by atoms with E-state index in [-0.39, 0.29) is 30.3 Å². The van der Waals surface area contributed by atoms with Crippen LogP contribution in [0.2, 0.25) is 0 Å². The Morgan fingerprint density at radius 3 is 3.04 bits per heavy atom. The van der Waals surface area contributed by atoms with Gasteiger partial charge in [-0.25, -0.2) is 0 Å². The van der Waals surface area contributed by atoms with Crippen LogP contribution in [0.5, 0.6) is 0 Å². The number of ether oxygens (including phenoxy) is 1. The maximum Gasteiger partial charge on any atom is 0.318 e. The molecular formula is C17H24NO3P2V-. The van der Waals surface area contributed by atoms with Crippen molar-refractivity contribution in [3.8, 4) is 0 Å². The molecule has 3 unspecified atom stereocenters. The molecule has 0 fully saturated rings. The molecule has 0 aromatic heterocycles. The molecule has 0 aliphatic heterocycles. The van der Waals surface area contributed by atoms with Gasteiger partial charge >= 0.3 is 5.97 Å². The van der Waals surface area contributed by atoms with E-state index in [4.69, 9.17) is 4.74 Å².